The molecule has 1 aromatic heterocycles. The monoisotopic (exact) mass is 356 g/mol. The van der Waals surface area contributed by atoms with Gasteiger partial charge in [0.05, 0.1) is 6.54 Å². The van der Waals surface area contributed by atoms with E-state index in [4.69, 9.17) is 0 Å². The van der Waals surface area contributed by atoms with Crippen LogP contribution in [0.2, 0.25) is 0 Å². The van der Waals surface area contributed by atoms with Gasteiger partial charge in [-0.05, 0) is 74.9 Å². The Balaban J connectivity index is 1.58. The van der Waals surface area contributed by atoms with Crippen LogP contribution in [0.4, 0.5) is 4.39 Å². The van der Waals surface area contributed by atoms with Gasteiger partial charge in [-0.15, -0.1) is 0 Å². The maximum Gasteiger partial charge on any atom is 0.123 e. The molecule has 1 N–H and O–H groups in total. The Morgan fingerprint density at radius 1 is 1.31 bits per heavy atom. The zero-order valence-corrected chi connectivity index (χ0v) is 15.8. The first-order valence-electron chi connectivity index (χ1n) is 9.81. The van der Waals surface area contributed by atoms with Crippen molar-refractivity contribution in [3.05, 3.63) is 53.4 Å². The maximum atomic E-state index is 13.8. The summed E-state index contributed by atoms with van der Waals surface area (Å²) in [5.41, 5.74) is 2.71. The Morgan fingerprint density at radius 3 is 2.88 bits per heavy atom. The molecule has 2 aliphatic rings. The maximum absolute atomic E-state index is 13.8. The van der Waals surface area contributed by atoms with Crippen molar-refractivity contribution >= 4 is 0 Å². The summed E-state index contributed by atoms with van der Waals surface area (Å²) in [4.78, 5) is 7.13. The van der Waals surface area contributed by atoms with E-state index < -0.39 is 0 Å². The Morgan fingerprint density at radius 2 is 2.12 bits per heavy atom. The van der Waals surface area contributed by atoms with Crippen LogP contribution in [0.1, 0.15) is 43.1 Å². The van der Waals surface area contributed by atoms with E-state index in [0.29, 0.717) is 11.5 Å². The first kappa shape index (κ1) is 17.7. The fourth-order valence-electron chi connectivity index (χ4n) is 4.57. The molecule has 1 aliphatic heterocycles. The minimum atomic E-state index is -0.145. The van der Waals surface area contributed by atoms with Gasteiger partial charge in [0.2, 0.25) is 0 Å². The lowest BCUT2D eigenvalue weighted by atomic mass is 9.93. The van der Waals surface area contributed by atoms with Crippen molar-refractivity contribution in [3.8, 4) is 0 Å². The zero-order valence-electron chi connectivity index (χ0n) is 15.8. The summed E-state index contributed by atoms with van der Waals surface area (Å²) in [5, 5.41) is 3.49. The molecule has 2 fully saturated rings. The van der Waals surface area contributed by atoms with Gasteiger partial charge in [0.25, 0.3) is 0 Å². The third-order valence-electron chi connectivity index (χ3n) is 6.36. The summed E-state index contributed by atoms with van der Waals surface area (Å²) in [6.07, 6.45) is 7.69. The molecule has 140 valence electrons. The molecular weight excluding hydrogens is 327 g/mol. The first-order valence-corrected chi connectivity index (χ1v) is 9.81. The smallest absolute Gasteiger partial charge is 0.123 e. The van der Waals surface area contributed by atoms with E-state index >= 15 is 0 Å². The van der Waals surface area contributed by atoms with Crippen LogP contribution >= 0.6 is 0 Å². The molecule has 0 amide bonds. The quantitative estimate of drug-likeness (QED) is 0.860. The average Bonchev–Trinajstić information content (AvgIpc) is 3.13. The second kappa shape index (κ2) is 7.12. The molecule has 1 spiro atoms. The Hall–Kier alpha value is -1.72. The van der Waals surface area contributed by atoms with Crippen LogP contribution in [-0.2, 0) is 19.6 Å². The molecule has 1 aliphatic carbocycles. The number of benzene rings is 1. The number of hydrogen-bond donors (Lipinski definition) is 1. The summed E-state index contributed by atoms with van der Waals surface area (Å²) in [6.45, 7) is 9.02. The second-order valence-electron chi connectivity index (χ2n) is 7.94. The molecule has 1 atom stereocenters. The molecule has 1 aromatic carbocycles. The number of aromatic nitrogens is 2. The van der Waals surface area contributed by atoms with Crippen LogP contribution in [0.15, 0.2) is 30.6 Å². The van der Waals surface area contributed by atoms with Crippen LogP contribution < -0.4 is 5.32 Å². The molecule has 0 unspecified atom stereocenters. The van der Waals surface area contributed by atoms with E-state index in [1.54, 1.807) is 12.1 Å². The molecule has 26 heavy (non-hydrogen) atoms. The lowest BCUT2D eigenvalue weighted by Crippen LogP contribution is -2.36. The summed E-state index contributed by atoms with van der Waals surface area (Å²) < 4.78 is 16.0. The van der Waals surface area contributed by atoms with Crippen molar-refractivity contribution in [1.82, 2.24) is 19.8 Å². The third-order valence-corrected chi connectivity index (χ3v) is 6.36. The Kier molecular flexibility index (Phi) is 4.84. The van der Waals surface area contributed by atoms with E-state index in [2.05, 4.69) is 33.6 Å². The van der Waals surface area contributed by atoms with Crippen LogP contribution in [0.3, 0.4) is 0 Å². The van der Waals surface area contributed by atoms with Crippen LogP contribution in [0.25, 0.3) is 0 Å². The molecule has 4 rings (SSSR count). The standard InChI is InChI=1S/C21H29FN4/c1-3-25-11-10-24-20(25)15-26(14-17-12-18(22)5-4-16(17)2)19-13-21(19)6-8-23-9-7-21/h4-5,10-12,19,23H,3,6-9,13-15H2,1-2H3/t19-/m1/s1. The van der Waals surface area contributed by atoms with Gasteiger partial charge in [-0.25, -0.2) is 9.37 Å². The third kappa shape index (κ3) is 3.42. The number of hydrogen-bond acceptors (Lipinski definition) is 3. The summed E-state index contributed by atoms with van der Waals surface area (Å²) >= 11 is 0. The highest BCUT2D eigenvalue weighted by atomic mass is 19.1. The zero-order chi connectivity index (χ0) is 18.1. The highest BCUT2D eigenvalue weighted by molar-refractivity contribution is 5.27. The molecule has 0 bridgehead atoms. The lowest BCUT2D eigenvalue weighted by Gasteiger charge is -2.30. The highest BCUT2D eigenvalue weighted by Crippen LogP contribution is 2.56. The largest absolute Gasteiger partial charge is 0.334 e. The first-order chi connectivity index (χ1) is 12.6. The number of imidazole rings is 1. The fourth-order valence-corrected chi connectivity index (χ4v) is 4.57. The predicted octanol–water partition coefficient (Wildman–Crippen LogP) is 3.49. The van der Waals surface area contributed by atoms with Gasteiger partial charge in [0, 0.05) is 31.5 Å². The summed E-state index contributed by atoms with van der Waals surface area (Å²) in [7, 11) is 0. The molecule has 1 saturated carbocycles. The molecule has 5 heteroatoms. The van der Waals surface area contributed by atoms with Crippen molar-refractivity contribution < 1.29 is 4.39 Å². The summed E-state index contributed by atoms with van der Waals surface area (Å²) in [5.74, 6) is 0.963. The van der Waals surface area contributed by atoms with Gasteiger partial charge in [-0.3, -0.25) is 4.90 Å². The number of rotatable bonds is 6. The van der Waals surface area contributed by atoms with Crippen molar-refractivity contribution in [2.75, 3.05) is 13.1 Å². The van der Waals surface area contributed by atoms with E-state index in [-0.39, 0.29) is 5.82 Å². The normalized spacial score (nSPS) is 21.5. The number of nitrogens with one attached hydrogen (secondary N) is 1. The van der Waals surface area contributed by atoms with Gasteiger partial charge in [0.15, 0.2) is 0 Å². The molecule has 2 aromatic rings. The van der Waals surface area contributed by atoms with Crippen molar-refractivity contribution in [3.63, 3.8) is 0 Å². The van der Waals surface area contributed by atoms with Gasteiger partial charge in [-0.2, -0.15) is 0 Å². The van der Waals surface area contributed by atoms with Crippen molar-refractivity contribution in [2.45, 2.75) is 58.8 Å². The second-order valence-corrected chi connectivity index (χ2v) is 7.94. The fraction of sp³-hybridized carbons (Fsp3) is 0.571. The van der Waals surface area contributed by atoms with Crippen LogP contribution in [0.5, 0.6) is 0 Å². The molecule has 2 heterocycles. The van der Waals surface area contributed by atoms with Crippen LogP contribution in [0, 0.1) is 18.2 Å². The Labute approximate surface area is 155 Å². The number of piperidine rings is 1. The molecule has 0 radical (unpaired) electrons. The lowest BCUT2D eigenvalue weighted by molar-refractivity contribution is 0.182. The SMILES string of the molecule is CCn1ccnc1CN(Cc1cc(F)ccc1C)[C@@H]1CC12CCNCC2. The number of aryl methyl sites for hydroxylation is 2. The molecular formula is C21H29FN4. The van der Waals surface area contributed by atoms with E-state index in [1.807, 2.05) is 18.5 Å². The van der Waals surface area contributed by atoms with Crippen molar-refractivity contribution in [2.24, 2.45) is 5.41 Å². The van der Waals surface area contributed by atoms with Gasteiger partial charge < -0.3 is 9.88 Å². The molecule has 1 saturated heterocycles. The number of nitrogens with zero attached hydrogens (tertiary/aromatic N) is 3. The van der Waals surface area contributed by atoms with E-state index in [9.17, 15) is 4.39 Å². The van der Waals surface area contributed by atoms with Gasteiger partial charge >= 0.3 is 0 Å². The topological polar surface area (TPSA) is 33.1 Å². The van der Waals surface area contributed by atoms with Crippen molar-refractivity contribution in [1.29, 1.82) is 0 Å². The van der Waals surface area contributed by atoms with Crippen LogP contribution in [-0.4, -0.2) is 33.6 Å². The average molecular weight is 356 g/mol. The Bertz CT molecular complexity index is 763. The molecule has 4 nitrogen and oxygen atoms in total. The van der Waals surface area contributed by atoms with E-state index in [1.165, 1.54) is 19.3 Å². The minimum absolute atomic E-state index is 0.145. The minimum Gasteiger partial charge on any atom is -0.334 e. The highest BCUT2D eigenvalue weighted by Gasteiger charge is 2.56. The van der Waals surface area contributed by atoms with E-state index in [0.717, 1.165) is 49.7 Å². The van der Waals surface area contributed by atoms with Gasteiger partial charge in [0.1, 0.15) is 11.6 Å². The predicted molar refractivity (Wildman–Crippen MR) is 101 cm³/mol. The van der Waals surface area contributed by atoms with Gasteiger partial charge in [-0.1, -0.05) is 6.07 Å². The number of halogens is 1. The summed E-state index contributed by atoms with van der Waals surface area (Å²) in [6, 6.07) is 5.72.